The van der Waals surface area contributed by atoms with Gasteiger partial charge in [0, 0.05) is 11.6 Å². The molecule has 0 aromatic heterocycles. The lowest BCUT2D eigenvalue weighted by atomic mass is 9.99. The van der Waals surface area contributed by atoms with Crippen LogP contribution < -0.4 is 0 Å². The van der Waals surface area contributed by atoms with Gasteiger partial charge in [0.15, 0.2) is 5.78 Å². The fraction of sp³-hybridized carbons (Fsp3) is 0.0556. The van der Waals surface area contributed by atoms with E-state index in [-0.39, 0.29) is 11.5 Å². The van der Waals surface area contributed by atoms with E-state index >= 15 is 0 Å². The van der Waals surface area contributed by atoms with E-state index in [2.05, 4.69) is 24.3 Å². The highest BCUT2D eigenvalue weighted by molar-refractivity contribution is 6.08. The number of allylic oxidation sites excluding steroid dienone is 1. The highest BCUT2D eigenvalue weighted by Crippen LogP contribution is 2.27. The number of rotatable bonds is 2. The topological polar surface area (TPSA) is 37.3 Å². The Kier molecular flexibility index (Phi) is 2.99. The van der Waals surface area contributed by atoms with Crippen molar-refractivity contribution in [3.63, 3.8) is 0 Å². The fourth-order valence-corrected chi connectivity index (χ4v) is 2.44. The normalized spacial score (nSPS) is 11.9. The minimum absolute atomic E-state index is 0.00679. The Morgan fingerprint density at radius 2 is 1.60 bits per heavy atom. The van der Waals surface area contributed by atoms with Crippen LogP contribution in [-0.4, -0.2) is 10.9 Å². The van der Waals surface area contributed by atoms with E-state index in [1.165, 1.54) is 13.0 Å². The molecule has 0 radical (unpaired) electrons. The van der Waals surface area contributed by atoms with Gasteiger partial charge < -0.3 is 5.11 Å². The molecular formula is C18H14O2. The van der Waals surface area contributed by atoms with Gasteiger partial charge in [0.05, 0.1) is 0 Å². The van der Waals surface area contributed by atoms with E-state index in [9.17, 15) is 9.90 Å². The summed E-state index contributed by atoms with van der Waals surface area (Å²) in [5.74, 6) is -0.159. The summed E-state index contributed by atoms with van der Waals surface area (Å²) in [7, 11) is 0. The van der Waals surface area contributed by atoms with E-state index in [0.717, 1.165) is 21.5 Å². The van der Waals surface area contributed by atoms with Gasteiger partial charge in [-0.2, -0.15) is 0 Å². The van der Waals surface area contributed by atoms with Crippen molar-refractivity contribution in [3.8, 4) is 0 Å². The van der Waals surface area contributed by atoms with Gasteiger partial charge in [0.25, 0.3) is 0 Å². The van der Waals surface area contributed by atoms with Crippen LogP contribution in [0.5, 0.6) is 0 Å². The molecule has 0 saturated carbocycles. The van der Waals surface area contributed by atoms with Crippen LogP contribution in [0.25, 0.3) is 27.3 Å². The summed E-state index contributed by atoms with van der Waals surface area (Å²) in [6.45, 7) is 1.42. The van der Waals surface area contributed by atoms with Gasteiger partial charge in [-0.1, -0.05) is 48.5 Å². The third-order valence-electron chi connectivity index (χ3n) is 3.38. The Morgan fingerprint density at radius 3 is 2.35 bits per heavy atom. The molecule has 0 spiro atoms. The minimum Gasteiger partial charge on any atom is -0.507 e. The quantitative estimate of drug-likeness (QED) is 0.420. The zero-order valence-electron chi connectivity index (χ0n) is 11.1. The van der Waals surface area contributed by atoms with Gasteiger partial charge >= 0.3 is 0 Å². The highest BCUT2D eigenvalue weighted by Gasteiger charge is 2.05. The lowest BCUT2D eigenvalue weighted by Gasteiger charge is -2.06. The molecule has 3 aromatic carbocycles. The maximum absolute atomic E-state index is 11.1. The predicted octanol–water partition coefficient (Wildman–Crippen LogP) is 4.48. The van der Waals surface area contributed by atoms with Crippen molar-refractivity contribution in [2.45, 2.75) is 6.92 Å². The summed E-state index contributed by atoms with van der Waals surface area (Å²) < 4.78 is 0. The van der Waals surface area contributed by atoms with Crippen molar-refractivity contribution in [1.82, 2.24) is 0 Å². The molecule has 0 heterocycles. The summed E-state index contributed by atoms with van der Waals surface area (Å²) in [6.07, 6.45) is 1.24. The zero-order valence-corrected chi connectivity index (χ0v) is 11.1. The van der Waals surface area contributed by atoms with Crippen LogP contribution in [0.3, 0.4) is 0 Å². The van der Waals surface area contributed by atoms with Gasteiger partial charge in [-0.25, -0.2) is 0 Å². The SMILES string of the molecule is CC(=O)C=C(O)c1ccc2ccc3ccccc3c2c1. The number of ketones is 1. The molecule has 0 fully saturated rings. The first-order chi connectivity index (χ1) is 9.65. The number of aliphatic hydroxyl groups is 1. The van der Waals surface area contributed by atoms with Crippen molar-refractivity contribution in [3.05, 3.63) is 66.2 Å². The van der Waals surface area contributed by atoms with Gasteiger partial charge in [0.2, 0.25) is 0 Å². The van der Waals surface area contributed by atoms with Crippen LogP contribution >= 0.6 is 0 Å². The Balaban J connectivity index is 2.29. The number of hydrogen-bond donors (Lipinski definition) is 1. The van der Waals surface area contributed by atoms with Crippen LogP contribution in [0, 0.1) is 0 Å². The molecule has 20 heavy (non-hydrogen) atoms. The molecule has 0 aliphatic heterocycles. The van der Waals surface area contributed by atoms with Crippen LogP contribution in [0.15, 0.2) is 60.7 Å². The lowest BCUT2D eigenvalue weighted by molar-refractivity contribution is -0.112. The molecule has 1 N–H and O–H groups in total. The maximum Gasteiger partial charge on any atom is 0.156 e. The molecule has 0 aliphatic carbocycles. The second kappa shape index (κ2) is 4.82. The molecule has 3 rings (SSSR count). The number of hydrogen-bond acceptors (Lipinski definition) is 2. The first-order valence-electron chi connectivity index (χ1n) is 6.48. The average Bonchev–Trinajstić information content (AvgIpc) is 2.46. The van der Waals surface area contributed by atoms with E-state index in [1.807, 2.05) is 30.3 Å². The second-order valence-electron chi connectivity index (χ2n) is 4.86. The molecule has 0 bridgehead atoms. The summed E-state index contributed by atoms with van der Waals surface area (Å²) >= 11 is 0. The molecule has 0 amide bonds. The average molecular weight is 262 g/mol. The Bertz CT molecular complexity index is 844. The minimum atomic E-state index is -0.166. The second-order valence-corrected chi connectivity index (χ2v) is 4.86. The number of carbonyl (C=O) groups excluding carboxylic acids is 1. The predicted molar refractivity (Wildman–Crippen MR) is 82.7 cm³/mol. The monoisotopic (exact) mass is 262 g/mol. The Labute approximate surface area is 117 Å². The van der Waals surface area contributed by atoms with Gasteiger partial charge in [-0.05, 0) is 34.5 Å². The van der Waals surface area contributed by atoms with Crippen LogP contribution in [0.4, 0.5) is 0 Å². The van der Waals surface area contributed by atoms with Gasteiger partial charge in [-0.15, -0.1) is 0 Å². The summed E-state index contributed by atoms with van der Waals surface area (Å²) in [4.78, 5) is 11.1. The van der Waals surface area contributed by atoms with Gasteiger partial charge in [0.1, 0.15) is 5.76 Å². The Morgan fingerprint density at radius 1 is 0.950 bits per heavy atom. The Hall–Kier alpha value is -2.61. The van der Waals surface area contributed by atoms with Crippen LogP contribution in [-0.2, 0) is 4.79 Å². The van der Waals surface area contributed by atoms with Crippen molar-refractivity contribution in [1.29, 1.82) is 0 Å². The van der Waals surface area contributed by atoms with Crippen LogP contribution in [0.1, 0.15) is 12.5 Å². The standard InChI is InChI=1S/C18H14O2/c1-12(19)10-18(20)15-9-8-14-7-6-13-4-2-3-5-16(13)17(14)11-15/h2-11,20H,1H3. The smallest absolute Gasteiger partial charge is 0.156 e. The largest absolute Gasteiger partial charge is 0.507 e. The third kappa shape index (κ3) is 2.16. The summed E-state index contributed by atoms with van der Waals surface area (Å²) in [5, 5.41) is 14.5. The van der Waals surface area contributed by atoms with E-state index in [1.54, 1.807) is 0 Å². The fourth-order valence-electron chi connectivity index (χ4n) is 2.44. The highest BCUT2D eigenvalue weighted by atomic mass is 16.3. The van der Waals surface area contributed by atoms with Crippen LogP contribution in [0.2, 0.25) is 0 Å². The number of carbonyl (C=O) groups is 1. The zero-order chi connectivity index (χ0) is 14.1. The molecular weight excluding hydrogens is 248 g/mol. The van der Waals surface area contributed by atoms with Crippen molar-refractivity contribution < 1.29 is 9.90 Å². The first kappa shape index (κ1) is 12.4. The first-order valence-corrected chi connectivity index (χ1v) is 6.48. The summed E-state index contributed by atoms with van der Waals surface area (Å²) in [6, 6.07) is 18.0. The van der Waals surface area contributed by atoms with Crippen molar-refractivity contribution in [2.24, 2.45) is 0 Å². The van der Waals surface area contributed by atoms with E-state index in [0.29, 0.717) is 5.56 Å². The number of fused-ring (bicyclic) bond motifs is 3. The van der Waals surface area contributed by atoms with Crippen molar-refractivity contribution in [2.75, 3.05) is 0 Å². The molecule has 0 saturated heterocycles. The summed E-state index contributed by atoms with van der Waals surface area (Å²) in [5.41, 5.74) is 0.657. The molecule has 2 heteroatoms. The molecule has 2 nitrogen and oxygen atoms in total. The van der Waals surface area contributed by atoms with E-state index < -0.39 is 0 Å². The molecule has 98 valence electrons. The molecule has 3 aromatic rings. The number of aliphatic hydroxyl groups excluding tert-OH is 1. The lowest BCUT2D eigenvalue weighted by Crippen LogP contribution is -1.89. The number of benzene rings is 3. The molecule has 0 unspecified atom stereocenters. The van der Waals surface area contributed by atoms with Gasteiger partial charge in [-0.3, -0.25) is 4.79 Å². The molecule has 0 atom stereocenters. The molecule has 0 aliphatic rings. The van der Waals surface area contributed by atoms with E-state index in [4.69, 9.17) is 0 Å². The van der Waals surface area contributed by atoms with Crippen molar-refractivity contribution >= 4 is 33.1 Å². The maximum atomic E-state index is 11.1. The third-order valence-corrected chi connectivity index (χ3v) is 3.38.